The van der Waals surface area contributed by atoms with Gasteiger partial charge in [0.05, 0.1) is 0 Å². The first-order valence-corrected chi connectivity index (χ1v) is 21.1. The summed E-state index contributed by atoms with van der Waals surface area (Å²) in [5.74, 6) is 0. The van der Waals surface area contributed by atoms with Crippen molar-refractivity contribution in [3.63, 3.8) is 0 Å². The number of pyridine rings is 3. The minimum atomic E-state index is -2.25. The molecular weight excluding hydrogens is 763 g/mol. The van der Waals surface area contributed by atoms with Gasteiger partial charge >= 0.3 is 0 Å². The Morgan fingerprint density at radius 1 is 0.317 bits per heavy atom. The van der Waals surface area contributed by atoms with Crippen molar-refractivity contribution in [2.24, 2.45) is 21.1 Å². The van der Waals surface area contributed by atoms with Gasteiger partial charge in [0.25, 0.3) is 0 Å². The first-order valence-electron chi connectivity index (χ1n) is 25.6. The molecule has 0 amide bonds. The third kappa shape index (κ3) is 10.6. The Labute approximate surface area is 388 Å². The van der Waals surface area contributed by atoms with E-state index in [0.717, 1.165) is 50.3 Å². The van der Waals surface area contributed by atoms with Gasteiger partial charge in [-0.1, -0.05) is 139 Å². The van der Waals surface area contributed by atoms with Crippen molar-refractivity contribution in [3.8, 4) is 67.2 Å². The summed E-state index contributed by atoms with van der Waals surface area (Å²) >= 11 is 0. The number of hydrogen-bond donors (Lipinski definition) is 0. The van der Waals surface area contributed by atoms with Crippen LogP contribution in [0.5, 0.6) is 0 Å². The normalized spacial score (nSPS) is 13.3. The van der Waals surface area contributed by atoms with Crippen molar-refractivity contribution in [2.75, 3.05) is 0 Å². The Bertz CT molecular complexity index is 3310. The molecule has 0 bridgehead atoms. The van der Waals surface area contributed by atoms with Crippen molar-refractivity contribution in [3.05, 3.63) is 234 Å². The summed E-state index contributed by atoms with van der Waals surface area (Å²) < 4.78 is 75.3. The maximum atomic E-state index is 7.93. The van der Waals surface area contributed by atoms with Crippen LogP contribution in [0.4, 0.5) is 0 Å². The maximum Gasteiger partial charge on any atom is 0.213 e. The largest absolute Gasteiger partial charge is 0.213 e. The molecule has 0 fully saturated rings. The predicted molar refractivity (Wildman–Crippen MR) is 264 cm³/mol. The molecule has 0 spiro atoms. The van der Waals surface area contributed by atoms with E-state index >= 15 is 0 Å². The molecule has 0 aliphatic carbocycles. The molecule has 3 aromatic heterocycles. The number of benzene rings is 6. The van der Waals surface area contributed by atoms with Gasteiger partial charge in [-0.15, -0.1) is 0 Å². The SMILES string of the molecule is Cc1cc(-c2ccccc2)ccc1-c1cccc[n+]1C.[2H]C([2H])([2H])c1ccc(-c2cc(-c3ccccc3)c(C([2H])([2H])[2H])c[n+]2C)c(C)c1.[2H]C([2H])([2H])c1ccc(-c2cc(-c3ccccc3)cc[n+]2C)c(C)c1. The lowest BCUT2D eigenvalue weighted by atomic mass is 9.97. The van der Waals surface area contributed by atoms with Gasteiger partial charge in [0.1, 0.15) is 21.1 Å². The standard InChI is InChI=1S/C21H22N.C20H20N.C19H18N/c1-15-10-11-19(16(2)12-15)21-13-20(17(3)14-22(21)4)18-8-6-5-7-9-18;1-15-9-10-19(16(2)13-15)20-14-18(11-12-21(20)3)17-7-5-4-6-8-17;1-15-14-17(16-8-4-3-5-9-16)11-12-18(15)19-10-6-7-13-20(19)2/h5-14H,1-4H3;4-14H,1-3H3;3-14H,1-2H3/q3*+1/i1D3,3D3;1D3;. The van der Waals surface area contributed by atoms with Crippen molar-refractivity contribution in [1.82, 2.24) is 0 Å². The molecule has 9 rings (SSSR count). The lowest BCUT2D eigenvalue weighted by molar-refractivity contribution is -0.660. The molecular formula is C60H60N3+3. The quantitative estimate of drug-likeness (QED) is 0.148. The number of aromatic nitrogens is 3. The van der Waals surface area contributed by atoms with Gasteiger partial charge in [-0.05, 0) is 116 Å². The molecule has 6 aromatic carbocycles. The zero-order chi connectivity index (χ0) is 52.0. The smallest absolute Gasteiger partial charge is 0.201 e. The van der Waals surface area contributed by atoms with E-state index in [4.69, 9.17) is 12.3 Å². The van der Waals surface area contributed by atoms with Crippen LogP contribution in [0, 0.1) is 41.3 Å². The second kappa shape index (κ2) is 20.1. The summed E-state index contributed by atoms with van der Waals surface area (Å²) in [5.41, 5.74) is 16.7. The highest BCUT2D eigenvalue weighted by molar-refractivity contribution is 5.74. The van der Waals surface area contributed by atoms with E-state index in [1.54, 1.807) is 48.1 Å². The molecule has 0 radical (unpaired) electrons. The monoisotopic (exact) mass is 832 g/mol. The van der Waals surface area contributed by atoms with Gasteiger partial charge in [-0.25, -0.2) is 13.7 Å². The molecule has 63 heavy (non-hydrogen) atoms. The van der Waals surface area contributed by atoms with Crippen LogP contribution in [-0.4, -0.2) is 0 Å². The topological polar surface area (TPSA) is 11.6 Å². The lowest BCUT2D eigenvalue weighted by Crippen LogP contribution is -2.31. The van der Waals surface area contributed by atoms with E-state index in [-0.39, 0.29) is 5.56 Å². The lowest BCUT2D eigenvalue weighted by Gasteiger charge is -2.10. The second-order valence-corrected chi connectivity index (χ2v) is 15.9. The fourth-order valence-corrected chi connectivity index (χ4v) is 7.89. The Balaban J connectivity index is 0.000000161. The molecule has 0 aliphatic heterocycles. The predicted octanol–water partition coefficient (Wildman–Crippen LogP) is 13.4. The second-order valence-electron chi connectivity index (χ2n) is 15.9. The fourth-order valence-electron chi connectivity index (χ4n) is 7.89. The Morgan fingerprint density at radius 2 is 0.794 bits per heavy atom. The molecule has 0 N–H and O–H groups in total. The Hall–Kier alpha value is -7.23. The molecule has 312 valence electrons. The first kappa shape index (κ1) is 33.4. The Morgan fingerprint density at radius 3 is 1.32 bits per heavy atom. The van der Waals surface area contributed by atoms with Gasteiger partial charge < -0.3 is 0 Å². The molecule has 0 aliphatic rings. The van der Waals surface area contributed by atoms with Crippen molar-refractivity contribution in [2.45, 2.75) is 41.3 Å². The van der Waals surface area contributed by atoms with Gasteiger partial charge in [0.2, 0.25) is 17.1 Å². The minimum Gasteiger partial charge on any atom is -0.201 e. The van der Waals surface area contributed by atoms with Gasteiger partial charge in [0.15, 0.2) is 18.6 Å². The fraction of sp³-hybridized carbons (Fsp3) is 0.150. The van der Waals surface area contributed by atoms with E-state index in [1.807, 2.05) is 87.8 Å². The van der Waals surface area contributed by atoms with Gasteiger partial charge in [-0.3, -0.25) is 0 Å². The van der Waals surface area contributed by atoms with E-state index in [0.29, 0.717) is 16.7 Å². The summed E-state index contributed by atoms with van der Waals surface area (Å²) in [4.78, 5) is 0. The molecule has 0 saturated carbocycles. The molecule has 0 atom stereocenters. The zero-order valence-electron chi connectivity index (χ0n) is 45.9. The summed E-state index contributed by atoms with van der Waals surface area (Å²) in [7, 11) is 5.89. The summed E-state index contributed by atoms with van der Waals surface area (Å²) in [6.07, 6.45) is 5.76. The van der Waals surface area contributed by atoms with Crippen LogP contribution in [-0.2, 0) is 21.1 Å². The van der Waals surface area contributed by atoms with Crippen LogP contribution in [0.25, 0.3) is 67.2 Å². The van der Waals surface area contributed by atoms with Crippen LogP contribution in [0.2, 0.25) is 0 Å². The first-order chi connectivity index (χ1) is 34.1. The van der Waals surface area contributed by atoms with E-state index in [9.17, 15) is 0 Å². The number of rotatable bonds is 6. The number of aryl methyl sites for hydroxylation is 9. The maximum absolute atomic E-state index is 7.93. The summed E-state index contributed by atoms with van der Waals surface area (Å²) in [6.45, 7) is -0.482. The Kier molecular flexibility index (Phi) is 10.7. The van der Waals surface area contributed by atoms with E-state index in [2.05, 4.69) is 120 Å². The summed E-state index contributed by atoms with van der Waals surface area (Å²) in [5, 5.41) is 0. The third-order valence-electron chi connectivity index (χ3n) is 11.3. The summed E-state index contributed by atoms with van der Waals surface area (Å²) in [6, 6.07) is 59.7. The average molecular weight is 832 g/mol. The van der Waals surface area contributed by atoms with Crippen LogP contribution >= 0.6 is 0 Å². The molecule has 3 heteroatoms. The van der Waals surface area contributed by atoms with Crippen molar-refractivity contribution in [1.29, 1.82) is 0 Å². The average Bonchev–Trinajstić information content (AvgIpc) is 3.35. The highest BCUT2D eigenvalue weighted by Crippen LogP contribution is 2.30. The van der Waals surface area contributed by atoms with Crippen LogP contribution in [0.3, 0.4) is 0 Å². The molecule has 0 unspecified atom stereocenters. The highest BCUT2D eigenvalue weighted by Gasteiger charge is 2.17. The highest BCUT2D eigenvalue weighted by atomic mass is 14.9. The number of nitrogens with zero attached hydrogens (tertiary/aromatic N) is 3. The van der Waals surface area contributed by atoms with Gasteiger partial charge in [-0.2, -0.15) is 0 Å². The number of hydrogen-bond acceptors (Lipinski definition) is 0. The third-order valence-corrected chi connectivity index (χ3v) is 11.3. The zero-order valence-corrected chi connectivity index (χ0v) is 36.9. The van der Waals surface area contributed by atoms with Crippen LogP contribution in [0.15, 0.2) is 201 Å². The molecule has 9 aromatic rings. The minimum absolute atomic E-state index is 0.279. The molecule has 0 saturated heterocycles. The van der Waals surface area contributed by atoms with Crippen LogP contribution < -0.4 is 13.7 Å². The van der Waals surface area contributed by atoms with Crippen LogP contribution in [0.1, 0.15) is 45.7 Å². The van der Waals surface area contributed by atoms with Gasteiger partial charge in [0, 0.05) is 64.9 Å². The van der Waals surface area contributed by atoms with Crippen molar-refractivity contribution >= 4 is 0 Å². The van der Waals surface area contributed by atoms with E-state index in [1.165, 1.54) is 27.9 Å². The van der Waals surface area contributed by atoms with E-state index < -0.39 is 20.6 Å². The molecule has 3 heterocycles. The molecule has 3 nitrogen and oxygen atoms in total. The van der Waals surface area contributed by atoms with Crippen molar-refractivity contribution < 1.29 is 26.0 Å².